The van der Waals surface area contributed by atoms with Gasteiger partial charge in [0.1, 0.15) is 0 Å². The van der Waals surface area contributed by atoms with Gasteiger partial charge in [0, 0.05) is 0 Å². The molecule has 0 aromatic heterocycles. The fourth-order valence-corrected chi connectivity index (χ4v) is 2.61. The summed E-state index contributed by atoms with van der Waals surface area (Å²) in [6, 6.07) is 19.2. The Balaban J connectivity index is 2.06. The van der Waals surface area contributed by atoms with Gasteiger partial charge < -0.3 is 9.59 Å². The highest BCUT2D eigenvalue weighted by Crippen LogP contribution is 2.08. The van der Waals surface area contributed by atoms with E-state index in [4.69, 9.17) is 0 Å². The molecule has 0 unspecified atom stereocenters. The normalized spacial score (nSPS) is 12.3. The molecule has 0 spiro atoms. The lowest BCUT2D eigenvalue weighted by Crippen LogP contribution is -2.29. The predicted molar refractivity (Wildman–Crippen MR) is 81.1 cm³/mol. The van der Waals surface area contributed by atoms with Crippen molar-refractivity contribution < 1.29 is 9.59 Å². The fraction of sp³-hybridized carbons (Fsp3) is 0. The largest absolute Gasteiger partial charge is 0.405 e. The third kappa shape index (κ3) is 4.67. The van der Waals surface area contributed by atoms with E-state index in [1.807, 2.05) is 60.7 Å². The zero-order chi connectivity index (χ0) is 13.6. The van der Waals surface area contributed by atoms with Crippen LogP contribution in [0.1, 0.15) is 11.1 Å². The van der Waals surface area contributed by atoms with Crippen LogP contribution in [0.3, 0.4) is 0 Å². The first-order valence-electron chi connectivity index (χ1n) is 6.09. The molecular formula is C16H16O2Si. The van der Waals surface area contributed by atoms with Crippen LogP contribution in [0.15, 0.2) is 72.1 Å². The standard InChI is InChI=1S/C16H16O2Si/c17-19(18,13-11-15-7-3-1-4-8-15)14-12-16-9-5-2-6-10-16/h1-14,17-18H/b13-11+,14-12+. The summed E-state index contributed by atoms with van der Waals surface area (Å²) in [5.74, 6) is 0. The van der Waals surface area contributed by atoms with Crippen LogP contribution >= 0.6 is 0 Å². The van der Waals surface area contributed by atoms with Crippen molar-refractivity contribution >= 4 is 20.7 Å². The van der Waals surface area contributed by atoms with E-state index < -0.39 is 8.56 Å². The van der Waals surface area contributed by atoms with Gasteiger partial charge in [-0.15, -0.1) is 0 Å². The summed E-state index contributed by atoms with van der Waals surface area (Å²) >= 11 is 0. The first kappa shape index (κ1) is 13.5. The van der Waals surface area contributed by atoms with Crippen molar-refractivity contribution in [1.29, 1.82) is 0 Å². The molecule has 0 atom stereocenters. The maximum atomic E-state index is 9.96. The average molecular weight is 268 g/mol. The van der Waals surface area contributed by atoms with Crippen LogP contribution in [-0.4, -0.2) is 18.2 Å². The van der Waals surface area contributed by atoms with Crippen LogP contribution in [-0.2, 0) is 0 Å². The Hall–Kier alpha value is -1.94. The van der Waals surface area contributed by atoms with Crippen molar-refractivity contribution in [3.8, 4) is 0 Å². The molecule has 0 amide bonds. The van der Waals surface area contributed by atoms with Gasteiger partial charge in [-0.1, -0.05) is 72.8 Å². The van der Waals surface area contributed by atoms with Crippen molar-refractivity contribution in [2.24, 2.45) is 0 Å². The average Bonchev–Trinajstić information content (AvgIpc) is 2.46. The lowest BCUT2D eigenvalue weighted by Gasteiger charge is -2.07. The van der Waals surface area contributed by atoms with Gasteiger partial charge in [-0.3, -0.25) is 0 Å². The molecule has 0 aliphatic carbocycles. The van der Waals surface area contributed by atoms with E-state index in [0.29, 0.717) is 0 Å². The van der Waals surface area contributed by atoms with Gasteiger partial charge in [-0.25, -0.2) is 0 Å². The minimum absolute atomic E-state index is 0.954. The maximum Gasteiger partial charge on any atom is 0.386 e. The van der Waals surface area contributed by atoms with Crippen LogP contribution in [0.4, 0.5) is 0 Å². The SMILES string of the molecule is O[Si](O)(/C=C/c1ccccc1)/C=C/c1ccccc1. The highest BCUT2D eigenvalue weighted by molar-refractivity contribution is 6.76. The summed E-state index contributed by atoms with van der Waals surface area (Å²) in [6.07, 6.45) is 3.48. The van der Waals surface area contributed by atoms with Crippen LogP contribution in [0.25, 0.3) is 12.2 Å². The lowest BCUT2D eigenvalue weighted by molar-refractivity contribution is 0.398. The summed E-state index contributed by atoms with van der Waals surface area (Å²) in [5, 5.41) is 0. The molecule has 2 nitrogen and oxygen atoms in total. The van der Waals surface area contributed by atoms with E-state index in [2.05, 4.69) is 0 Å². The molecule has 96 valence electrons. The molecule has 0 aliphatic rings. The Kier molecular flexibility index (Phi) is 4.47. The summed E-state index contributed by atoms with van der Waals surface area (Å²) in [4.78, 5) is 19.9. The van der Waals surface area contributed by atoms with Crippen LogP contribution in [0.2, 0.25) is 0 Å². The molecule has 2 aromatic rings. The third-order valence-electron chi connectivity index (χ3n) is 2.64. The van der Waals surface area contributed by atoms with Crippen molar-refractivity contribution in [1.82, 2.24) is 0 Å². The Bertz CT molecular complexity index is 508. The molecule has 0 radical (unpaired) electrons. The second kappa shape index (κ2) is 6.29. The molecule has 3 heteroatoms. The topological polar surface area (TPSA) is 40.5 Å². The Morgan fingerprint density at radius 2 is 1.00 bits per heavy atom. The van der Waals surface area contributed by atoms with E-state index >= 15 is 0 Å². The van der Waals surface area contributed by atoms with Crippen molar-refractivity contribution in [2.75, 3.05) is 0 Å². The van der Waals surface area contributed by atoms with Crippen LogP contribution < -0.4 is 0 Å². The molecule has 2 rings (SSSR count). The van der Waals surface area contributed by atoms with E-state index in [-0.39, 0.29) is 0 Å². The van der Waals surface area contributed by atoms with Crippen molar-refractivity contribution in [3.63, 3.8) is 0 Å². The monoisotopic (exact) mass is 268 g/mol. The van der Waals surface area contributed by atoms with Gasteiger partial charge in [-0.05, 0) is 22.5 Å². The summed E-state index contributed by atoms with van der Waals surface area (Å²) in [6.45, 7) is 0. The minimum Gasteiger partial charge on any atom is -0.405 e. The molecule has 2 N–H and O–H groups in total. The van der Waals surface area contributed by atoms with E-state index in [1.54, 1.807) is 12.2 Å². The first-order chi connectivity index (χ1) is 9.16. The number of hydrogen-bond donors (Lipinski definition) is 2. The van der Waals surface area contributed by atoms with Crippen LogP contribution in [0.5, 0.6) is 0 Å². The van der Waals surface area contributed by atoms with E-state index in [9.17, 15) is 9.59 Å². The van der Waals surface area contributed by atoms with Gasteiger partial charge in [0.05, 0.1) is 0 Å². The maximum absolute atomic E-state index is 9.96. The lowest BCUT2D eigenvalue weighted by atomic mass is 10.2. The molecule has 0 heterocycles. The highest BCUT2D eigenvalue weighted by atomic mass is 28.4. The van der Waals surface area contributed by atoms with Crippen molar-refractivity contribution in [3.05, 3.63) is 83.2 Å². The third-order valence-corrected chi connectivity index (χ3v) is 3.96. The van der Waals surface area contributed by atoms with Gasteiger partial charge in [0.15, 0.2) is 0 Å². The number of hydrogen-bond acceptors (Lipinski definition) is 2. The molecule has 0 saturated heterocycles. The smallest absolute Gasteiger partial charge is 0.386 e. The summed E-state index contributed by atoms with van der Waals surface area (Å²) < 4.78 is 0. The molecular weight excluding hydrogens is 252 g/mol. The predicted octanol–water partition coefficient (Wildman–Crippen LogP) is 2.92. The first-order valence-corrected chi connectivity index (χ1v) is 8.14. The molecule has 0 fully saturated rings. The van der Waals surface area contributed by atoms with Gasteiger partial charge in [0.2, 0.25) is 0 Å². The molecule has 0 aliphatic heterocycles. The Morgan fingerprint density at radius 1 is 0.632 bits per heavy atom. The zero-order valence-corrected chi connectivity index (χ0v) is 11.5. The highest BCUT2D eigenvalue weighted by Gasteiger charge is 2.20. The zero-order valence-electron chi connectivity index (χ0n) is 10.5. The van der Waals surface area contributed by atoms with Crippen LogP contribution in [0, 0.1) is 0 Å². The second-order valence-corrected chi connectivity index (χ2v) is 6.50. The quantitative estimate of drug-likeness (QED) is 0.837. The number of rotatable bonds is 4. The van der Waals surface area contributed by atoms with Gasteiger partial charge in [-0.2, -0.15) is 0 Å². The van der Waals surface area contributed by atoms with E-state index in [1.165, 1.54) is 11.4 Å². The van der Waals surface area contributed by atoms with Gasteiger partial charge >= 0.3 is 8.56 Å². The fourth-order valence-electron chi connectivity index (χ4n) is 1.62. The van der Waals surface area contributed by atoms with Gasteiger partial charge in [0.25, 0.3) is 0 Å². The Morgan fingerprint density at radius 3 is 1.37 bits per heavy atom. The Labute approximate surface area is 114 Å². The summed E-state index contributed by atoms with van der Waals surface area (Å²) in [5.41, 5.74) is 4.88. The second-order valence-electron chi connectivity index (χ2n) is 4.27. The minimum atomic E-state index is -3.43. The molecule has 0 saturated carbocycles. The number of benzene rings is 2. The molecule has 0 bridgehead atoms. The van der Waals surface area contributed by atoms with Crippen molar-refractivity contribution in [2.45, 2.75) is 0 Å². The molecule has 19 heavy (non-hydrogen) atoms. The molecule has 2 aromatic carbocycles. The summed E-state index contributed by atoms with van der Waals surface area (Å²) in [7, 11) is -3.43. The van der Waals surface area contributed by atoms with E-state index in [0.717, 1.165) is 11.1 Å².